The molecule has 1 fully saturated rings. The normalized spacial score (nSPS) is 22.2. The van der Waals surface area contributed by atoms with Crippen LogP contribution in [0.5, 0.6) is 0 Å². The van der Waals surface area contributed by atoms with Crippen molar-refractivity contribution >= 4 is 0 Å². The van der Waals surface area contributed by atoms with Crippen LogP contribution in [0.25, 0.3) is 0 Å². The third-order valence-corrected chi connectivity index (χ3v) is 3.61. The lowest BCUT2D eigenvalue weighted by molar-refractivity contribution is -0.148. The van der Waals surface area contributed by atoms with Crippen molar-refractivity contribution in [2.75, 3.05) is 26.2 Å². The summed E-state index contributed by atoms with van der Waals surface area (Å²) in [5, 5.41) is 13.5. The summed E-state index contributed by atoms with van der Waals surface area (Å²) in [4.78, 5) is 1.45. The summed E-state index contributed by atoms with van der Waals surface area (Å²) in [7, 11) is 0. The summed E-state index contributed by atoms with van der Waals surface area (Å²) in [6, 6.07) is 0.207. The second-order valence-electron chi connectivity index (χ2n) is 6.64. The smallest absolute Gasteiger partial charge is 0.389 e. The van der Waals surface area contributed by atoms with Crippen molar-refractivity contribution in [2.45, 2.75) is 57.9 Å². The van der Waals surface area contributed by atoms with Crippen molar-refractivity contribution in [1.82, 2.24) is 10.2 Å². The Hall–Kier alpha value is -0.330. The average Bonchev–Trinajstić information content (AvgIpc) is 2.24. The molecule has 3 nitrogen and oxygen atoms in total. The van der Waals surface area contributed by atoms with Crippen LogP contribution in [0.15, 0.2) is 0 Å². The summed E-state index contributed by atoms with van der Waals surface area (Å²) in [5.74, 6) is 0.417. The molecule has 0 bridgehead atoms. The van der Waals surface area contributed by atoms with Gasteiger partial charge >= 0.3 is 6.18 Å². The molecule has 0 saturated carbocycles. The fraction of sp³-hybridized carbons (Fsp3) is 1.00. The number of nitrogens with zero attached hydrogens (tertiary/aromatic N) is 1. The molecule has 0 radical (unpaired) electrons. The predicted octanol–water partition coefficient (Wildman–Crippen LogP) is 2.40. The fourth-order valence-electron chi connectivity index (χ4n) is 2.86. The SMILES string of the molecule is CC(C)CC(C)(O)CNC1CCN(CC(F)(F)F)CC1. The van der Waals surface area contributed by atoms with Gasteiger partial charge in [-0.1, -0.05) is 13.8 Å². The number of alkyl halides is 3. The lowest BCUT2D eigenvalue weighted by Gasteiger charge is -2.35. The minimum atomic E-state index is -4.11. The fourth-order valence-corrected chi connectivity index (χ4v) is 2.86. The minimum absolute atomic E-state index is 0.207. The predicted molar refractivity (Wildman–Crippen MR) is 73.6 cm³/mol. The van der Waals surface area contributed by atoms with Crippen LogP contribution in [-0.4, -0.2) is 54.0 Å². The minimum Gasteiger partial charge on any atom is -0.389 e. The van der Waals surface area contributed by atoms with Crippen LogP contribution in [0.2, 0.25) is 0 Å². The van der Waals surface area contributed by atoms with Crippen LogP contribution < -0.4 is 5.32 Å². The average molecular weight is 296 g/mol. The Morgan fingerprint density at radius 2 is 1.80 bits per heavy atom. The summed E-state index contributed by atoms with van der Waals surface area (Å²) in [5.41, 5.74) is -0.753. The topological polar surface area (TPSA) is 35.5 Å². The lowest BCUT2D eigenvalue weighted by Crippen LogP contribution is -2.49. The van der Waals surface area contributed by atoms with Crippen molar-refractivity contribution in [1.29, 1.82) is 0 Å². The molecule has 20 heavy (non-hydrogen) atoms. The Kier molecular flexibility index (Phi) is 6.28. The zero-order valence-corrected chi connectivity index (χ0v) is 12.6. The molecule has 0 aromatic rings. The van der Waals surface area contributed by atoms with Crippen LogP contribution in [0, 0.1) is 5.92 Å². The van der Waals surface area contributed by atoms with Crippen LogP contribution in [-0.2, 0) is 0 Å². The molecule has 1 rings (SSSR count). The van der Waals surface area contributed by atoms with Crippen LogP contribution in [0.1, 0.15) is 40.0 Å². The maximum absolute atomic E-state index is 12.3. The lowest BCUT2D eigenvalue weighted by atomic mass is 9.93. The van der Waals surface area contributed by atoms with Gasteiger partial charge in [0.15, 0.2) is 0 Å². The van der Waals surface area contributed by atoms with E-state index in [0.29, 0.717) is 44.8 Å². The molecule has 1 aliphatic heterocycles. The Labute approximate surface area is 119 Å². The highest BCUT2D eigenvalue weighted by atomic mass is 19.4. The van der Waals surface area contributed by atoms with E-state index in [1.165, 1.54) is 4.90 Å². The van der Waals surface area contributed by atoms with Crippen molar-refractivity contribution in [3.8, 4) is 0 Å². The second-order valence-corrected chi connectivity index (χ2v) is 6.64. The molecule has 0 aromatic carbocycles. The van der Waals surface area contributed by atoms with Gasteiger partial charge in [-0.15, -0.1) is 0 Å². The van der Waals surface area contributed by atoms with Crippen LogP contribution in [0.3, 0.4) is 0 Å². The van der Waals surface area contributed by atoms with Gasteiger partial charge in [-0.25, -0.2) is 0 Å². The Bertz CT molecular complexity index is 285. The third-order valence-electron chi connectivity index (χ3n) is 3.61. The van der Waals surface area contributed by atoms with E-state index < -0.39 is 18.3 Å². The second kappa shape index (κ2) is 7.09. The monoisotopic (exact) mass is 296 g/mol. The highest BCUT2D eigenvalue weighted by Gasteiger charge is 2.32. The van der Waals surface area contributed by atoms with Crippen molar-refractivity contribution in [3.63, 3.8) is 0 Å². The largest absolute Gasteiger partial charge is 0.401 e. The summed E-state index contributed by atoms with van der Waals surface area (Å²) in [6.07, 6.45) is -1.99. The highest BCUT2D eigenvalue weighted by Crippen LogP contribution is 2.20. The molecule has 2 N–H and O–H groups in total. The van der Waals surface area contributed by atoms with Gasteiger partial charge in [0.1, 0.15) is 0 Å². The molecule has 1 unspecified atom stereocenters. The first-order valence-corrected chi connectivity index (χ1v) is 7.32. The number of piperidine rings is 1. The number of hydrogen-bond donors (Lipinski definition) is 2. The summed E-state index contributed by atoms with van der Waals surface area (Å²) in [6.45, 7) is 6.53. The van der Waals surface area contributed by atoms with Gasteiger partial charge in [-0.05, 0) is 45.2 Å². The quantitative estimate of drug-likeness (QED) is 0.790. The van der Waals surface area contributed by atoms with E-state index in [4.69, 9.17) is 0 Å². The van der Waals surface area contributed by atoms with E-state index in [9.17, 15) is 18.3 Å². The number of likely N-dealkylation sites (tertiary alicyclic amines) is 1. The molecular weight excluding hydrogens is 269 g/mol. The molecule has 6 heteroatoms. The van der Waals surface area contributed by atoms with Crippen molar-refractivity contribution in [2.24, 2.45) is 5.92 Å². The van der Waals surface area contributed by atoms with E-state index in [2.05, 4.69) is 19.2 Å². The van der Waals surface area contributed by atoms with Gasteiger partial charge in [0, 0.05) is 12.6 Å². The summed E-state index contributed by atoms with van der Waals surface area (Å²) >= 11 is 0. The number of hydrogen-bond acceptors (Lipinski definition) is 3. The summed E-state index contributed by atoms with van der Waals surface area (Å²) < 4.78 is 36.8. The number of aliphatic hydroxyl groups is 1. The number of rotatable bonds is 6. The Balaban J connectivity index is 2.26. The van der Waals surface area contributed by atoms with Gasteiger partial charge in [0.25, 0.3) is 0 Å². The zero-order chi connectivity index (χ0) is 15.4. The maximum Gasteiger partial charge on any atom is 0.401 e. The van der Waals surface area contributed by atoms with Gasteiger partial charge in [0.05, 0.1) is 12.1 Å². The molecule has 1 aliphatic rings. The third kappa shape index (κ3) is 7.45. The van der Waals surface area contributed by atoms with Gasteiger partial charge in [-0.3, -0.25) is 4.90 Å². The van der Waals surface area contributed by atoms with E-state index in [-0.39, 0.29) is 6.04 Å². The van der Waals surface area contributed by atoms with Crippen molar-refractivity contribution in [3.05, 3.63) is 0 Å². The number of nitrogens with one attached hydrogen (secondary N) is 1. The molecule has 0 aromatic heterocycles. The molecule has 120 valence electrons. The molecule has 0 amide bonds. The van der Waals surface area contributed by atoms with E-state index in [1.807, 2.05) is 0 Å². The molecule has 1 heterocycles. The maximum atomic E-state index is 12.3. The molecule has 1 atom stereocenters. The Morgan fingerprint density at radius 1 is 1.25 bits per heavy atom. The van der Waals surface area contributed by atoms with Gasteiger partial charge in [-0.2, -0.15) is 13.2 Å². The molecular formula is C14H27F3N2O. The molecule has 0 spiro atoms. The van der Waals surface area contributed by atoms with E-state index >= 15 is 0 Å². The molecule has 1 saturated heterocycles. The van der Waals surface area contributed by atoms with Crippen LogP contribution >= 0.6 is 0 Å². The van der Waals surface area contributed by atoms with E-state index in [0.717, 1.165) is 0 Å². The van der Waals surface area contributed by atoms with Gasteiger partial charge < -0.3 is 10.4 Å². The van der Waals surface area contributed by atoms with E-state index in [1.54, 1.807) is 6.92 Å². The van der Waals surface area contributed by atoms with Gasteiger partial charge in [0.2, 0.25) is 0 Å². The highest BCUT2D eigenvalue weighted by molar-refractivity contribution is 4.83. The first-order valence-electron chi connectivity index (χ1n) is 7.32. The molecule has 0 aliphatic carbocycles. The number of halogens is 3. The zero-order valence-electron chi connectivity index (χ0n) is 12.6. The standard InChI is InChI=1S/C14H27F3N2O/c1-11(2)8-13(3,20)9-18-12-4-6-19(7-5-12)10-14(15,16)17/h11-12,18,20H,4-10H2,1-3H3. The first kappa shape index (κ1) is 17.7. The first-order chi connectivity index (χ1) is 9.07. The van der Waals surface area contributed by atoms with Crippen LogP contribution in [0.4, 0.5) is 13.2 Å². The Morgan fingerprint density at radius 3 is 2.25 bits per heavy atom. The van der Waals surface area contributed by atoms with Crippen molar-refractivity contribution < 1.29 is 18.3 Å².